The molecule has 1 aromatic carbocycles. The first kappa shape index (κ1) is 18.3. The van der Waals surface area contributed by atoms with Gasteiger partial charge in [0.15, 0.2) is 0 Å². The lowest BCUT2D eigenvalue weighted by atomic mass is 9.95. The molecule has 0 amide bonds. The molecule has 0 saturated heterocycles. The average Bonchev–Trinajstić information content (AvgIpc) is 2.50. The number of hydrogen-bond acceptors (Lipinski definition) is 1. The van der Waals surface area contributed by atoms with E-state index in [4.69, 9.17) is 11.6 Å². The summed E-state index contributed by atoms with van der Waals surface area (Å²) in [6.45, 7) is 10.9. The molecule has 21 heavy (non-hydrogen) atoms. The van der Waals surface area contributed by atoms with Gasteiger partial charge in [-0.3, -0.25) is 0 Å². The smallest absolute Gasteiger partial charge is 0.0412 e. The fourth-order valence-corrected chi connectivity index (χ4v) is 2.63. The van der Waals surface area contributed by atoms with Crippen molar-refractivity contribution in [2.75, 3.05) is 13.1 Å². The van der Waals surface area contributed by atoms with E-state index in [0.29, 0.717) is 0 Å². The molecule has 0 bridgehead atoms. The summed E-state index contributed by atoms with van der Waals surface area (Å²) < 4.78 is 0. The maximum atomic E-state index is 6.11. The van der Waals surface area contributed by atoms with Gasteiger partial charge in [0.2, 0.25) is 0 Å². The number of nitrogens with one attached hydrogen (secondary N) is 1. The number of benzene rings is 1. The predicted molar refractivity (Wildman–Crippen MR) is 96.1 cm³/mol. The van der Waals surface area contributed by atoms with Gasteiger partial charge in [0.25, 0.3) is 0 Å². The lowest BCUT2D eigenvalue weighted by Gasteiger charge is -2.11. The van der Waals surface area contributed by atoms with Crippen LogP contribution in [0.2, 0.25) is 5.02 Å². The summed E-state index contributed by atoms with van der Waals surface area (Å²) in [5.74, 6) is 0. The molecule has 1 nitrogen and oxygen atoms in total. The van der Waals surface area contributed by atoms with E-state index >= 15 is 0 Å². The molecule has 0 aromatic heterocycles. The van der Waals surface area contributed by atoms with Crippen LogP contribution in [0.4, 0.5) is 0 Å². The van der Waals surface area contributed by atoms with Crippen LogP contribution in [0.15, 0.2) is 24.8 Å². The van der Waals surface area contributed by atoms with Gasteiger partial charge in [0, 0.05) is 5.02 Å². The fraction of sp³-hybridized carbons (Fsp3) is 0.579. The van der Waals surface area contributed by atoms with E-state index in [2.05, 4.69) is 37.9 Å². The van der Waals surface area contributed by atoms with E-state index in [1.165, 1.54) is 48.8 Å². The van der Waals surface area contributed by atoms with Crippen molar-refractivity contribution in [2.45, 2.75) is 58.8 Å². The van der Waals surface area contributed by atoms with Crippen LogP contribution in [0.1, 0.15) is 63.5 Å². The molecule has 0 radical (unpaired) electrons. The molecule has 1 rings (SSSR count). The quantitative estimate of drug-likeness (QED) is 0.504. The van der Waals surface area contributed by atoms with Crippen molar-refractivity contribution in [3.63, 3.8) is 0 Å². The largest absolute Gasteiger partial charge is 0.317 e. The van der Waals surface area contributed by atoms with Crippen molar-refractivity contribution in [2.24, 2.45) is 0 Å². The molecule has 1 aromatic rings. The molecule has 0 spiro atoms. The second-order valence-electron chi connectivity index (χ2n) is 5.67. The van der Waals surface area contributed by atoms with Gasteiger partial charge in [-0.05, 0) is 74.0 Å². The van der Waals surface area contributed by atoms with E-state index in [1.54, 1.807) is 0 Å². The molecular weight excluding hydrogens is 278 g/mol. The third-order valence-electron chi connectivity index (χ3n) is 3.89. The molecule has 0 unspecified atom stereocenters. The minimum atomic E-state index is 0.809. The van der Waals surface area contributed by atoms with Crippen LogP contribution >= 0.6 is 11.6 Å². The Labute approximate surface area is 135 Å². The highest BCUT2D eigenvalue weighted by Gasteiger charge is 2.06. The summed E-state index contributed by atoms with van der Waals surface area (Å²) in [7, 11) is 0. The average molecular weight is 308 g/mol. The minimum Gasteiger partial charge on any atom is -0.317 e. The minimum absolute atomic E-state index is 0.809. The third-order valence-corrected chi connectivity index (χ3v) is 4.12. The molecule has 0 heterocycles. The Kier molecular flexibility index (Phi) is 9.45. The molecule has 0 saturated carbocycles. The highest BCUT2D eigenvalue weighted by molar-refractivity contribution is 6.30. The Hall–Kier alpha value is -0.790. The van der Waals surface area contributed by atoms with Crippen molar-refractivity contribution in [3.8, 4) is 0 Å². The molecule has 0 aliphatic carbocycles. The summed E-state index contributed by atoms with van der Waals surface area (Å²) in [4.78, 5) is 0. The molecule has 2 heteroatoms. The maximum absolute atomic E-state index is 6.11. The van der Waals surface area contributed by atoms with Crippen LogP contribution in [0.3, 0.4) is 0 Å². The van der Waals surface area contributed by atoms with Gasteiger partial charge in [0.05, 0.1) is 0 Å². The molecular formula is C19H30ClN. The van der Waals surface area contributed by atoms with Gasteiger partial charge in [-0.2, -0.15) is 0 Å². The topological polar surface area (TPSA) is 12.0 Å². The Morgan fingerprint density at radius 1 is 1.10 bits per heavy atom. The van der Waals surface area contributed by atoms with Gasteiger partial charge in [-0.1, -0.05) is 50.9 Å². The van der Waals surface area contributed by atoms with Crippen LogP contribution in [-0.4, -0.2) is 13.1 Å². The zero-order valence-electron chi connectivity index (χ0n) is 13.7. The maximum Gasteiger partial charge on any atom is 0.0412 e. The number of rotatable bonds is 11. The molecule has 0 aliphatic heterocycles. The second kappa shape index (κ2) is 10.9. The van der Waals surface area contributed by atoms with Crippen molar-refractivity contribution in [1.29, 1.82) is 0 Å². The zero-order chi connectivity index (χ0) is 15.5. The lowest BCUT2D eigenvalue weighted by Crippen LogP contribution is -2.16. The first-order valence-electron chi connectivity index (χ1n) is 8.36. The number of allylic oxidation sites excluding steroid dienone is 1. The summed E-state index contributed by atoms with van der Waals surface area (Å²) >= 11 is 6.11. The number of hydrogen-bond donors (Lipinski definition) is 1. The van der Waals surface area contributed by atoms with Crippen LogP contribution < -0.4 is 5.32 Å². The van der Waals surface area contributed by atoms with Crippen LogP contribution in [0.25, 0.3) is 5.57 Å². The second-order valence-corrected chi connectivity index (χ2v) is 6.11. The number of unbranched alkanes of at least 4 members (excludes halogenated alkanes) is 3. The molecule has 0 atom stereocenters. The molecule has 0 aliphatic rings. The van der Waals surface area contributed by atoms with E-state index < -0.39 is 0 Å². The van der Waals surface area contributed by atoms with Crippen LogP contribution in [0.5, 0.6) is 0 Å². The monoisotopic (exact) mass is 307 g/mol. The van der Waals surface area contributed by atoms with Gasteiger partial charge in [-0.25, -0.2) is 0 Å². The van der Waals surface area contributed by atoms with Crippen LogP contribution in [0, 0.1) is 0 Å². The SMILES string of the molecule is C=C(CC)c1cc(Cl)ccc1CCCCCNCCCC. The van der Waals surface area contributed by atoms with Gasteiger partial charge in [-0.15, -0.1) is 0 Å². The van der Waals surface area contributed by atoms with Crippen molar-refractivity contribution < 1.29 is 0 Å². The van der Waals surface area contributed by atoms with Crippen molar-refractivity contribution in [1.82, 2.24) is 5.32 Å². The number of halogens is 1. The molecule has 118 valence electrons. The molecule has 1 N–H and O–H groups in total. The van der Waals surface area contributed by atoms with E-state index in [1.807, 2.05) is 6.07 Å². The Morgan fingerprint density at radius 3 is 2.57 bits per heavy atom. The standard InChI is InChI=1S/C19H30ClN/c1-4-6-13-21-14-9-7-8-10-17-11-12-18(20)15-19(17)16(3)5-2/h11-12,15,21H,3-10,13-14H2,1-2H3. The fourth-order valence-electron chi connectivity index (χ4n) is 2.46. The van der Waals surface area contributed by atoms with Gasteiger partial charge >= 0.3 is 0 Å². The first-order chi connectivity index (χ1) is 10.2. The number of aryl methyl sites for hydroxylation is 1. The van der Waals surface area contributed by atoms with Crippen molar-refractivity contribution >= 4 is 17.2 Å². The Morgan fingerprint density at radius 2 is 1.86 bits per heavy atom. The lowest BCUT2D eigenvalue weighted by molar-refractivity contribution is 0.585. The normalized spacial score (nSPS) is 10.8. The van der Waals surface area contributed by atoms with E-state index in [9.17, 15) is 0 Å². The Balaban J connectivity index is 2.33. The summed E-state index contributed by atoms with van der Waals surface area (Å²) in [5.41, 5.74) is 3.84. The van der Waals surface area contributed by atoms with Crippen molar-refractivity contribution in [3.05, 3.63) is 40.9 Å². The summed E-state index contributed by atoms with van der Waals surface area (Å²) in [6.07, 6.45) is 8.44. The predicted octanol–water partition coefficient (Wildman–Crippen LogP) is 5.87. The highest BCUT2D eigenvalue weighted by atomic mass is 35.5. The van der Waals surface area contributed by atoms with Crippen LogP contribution in [-0.2, 0) is 6.42 Å². The summed E-state index contributed by atoms with van der Waals surface area (Å²) in [6, 6.07) is 6.22. The van der Waals surface area contributed by atoms with Gasteiger partial charge < -0.3 is 5.32 Å². The molecule has 0 fully saturated rings. The Bertz CT molecular complexity index is 426. The first-order valence-corrected chi connectivity index (χ1v) is 8.74. The zero-order valence-corrected chi connectivity index (χ0v) is 14.4. The van der Waals surface area contributed by atoms with E-state index in [0.717, 1.165) is 31.0 Å². The third kappa shape index (κ3) is 7.15. The van der Waals surface area contributed by atoms with E-state index in [-0.39, 0.29) is 0 Å². The summed E-state index contributed by atoms with van der Waals surface area (Å²) in [5, 5.41) is 4.31. The van der Waals surface area contributed by atoms with Gasteiger partial charge in [0.1, 0.15) is 0 Å². The highest BCUT2D eigenvalue weighted by Crippen LogP contribution is 2.25.